The first-order valence-electron chi connectivity index (χ1n) is 34.0. The first kappa shape index (κ1) is 78.9. The van der Waals surface area contributed by atoms with Crippen molar-refractivity contribution in [1.82, 2.24) is 0 Å². The van der Waals surface area contributed by atoms with Gasteiger partial charge < -0.3 is 55.1 Å². The summed E-state index contributed by atoms with van der Waals surface area (Å²) in [5.41, 5.74) is 14.9. The number of benzene rings is 3. The lowest BCUT2D eigenvalue weighted by Crippen LogP contribution is -2.36. The maximum absolute atomic E-state index is 11.4. The molecule has 0 radical (unpaired) electrons. The van der Waals surface area contributed by atoms with Crippen molar-refractivity contribution in [3.63, 3.8) is 0 Å². The van der Waals surface area contributed by atoms with Crippen molar-refractivity contribution in [1.29, 1.82) is 0 Å². The van der Waals surface area contributed by atoms with Crippen molar-refractivity contribution in [2.75, 3.05) is 0 Å². The maximum Gasteiger partial charge on any atom is 0.331 e. The Morgan fingerprint density at radius 2 is 0.731 bits per heavy atom. The summed E-state index contributed by atoms with van der Waals surface area (Å²) in [7, 11) is 0. The van der Waals surface area contributed by atoms with Gasteiger partial charge in [0.05, 0.1) is 0 Å². The number of aromatic hydroxyl groups is 3. The average Bonchev–Trinajstić information content (AvgIpc) is 0.820. The second kappa shape index (κ2) is 37.5. The standard InChI is InChI=1S/2C27H40O4.C27H38O4/c2*1-18(2)15-24(29)25(30)20(4)11-7-9-19(3)10-8-13-27(6)14-12-22-17-23(28)16-21(5)26(22)31-27;1-19(2)9-6-12-22(26(29)30)13-7-10-20(3)11-8-15-27(5)16-14-23-18-24(28)17-21(4)25(23)31-27/h2*10-11,15-17,24-25,28-30H,7-9,12-14H2,1-6H3;9,11,13,17-18,28H,6-8,10,12,14-16H2,1-5H3,(H,29,30)/b2*19-10+,20-11+;20-11+,22-13-/t24-,25+,27-;24-,25-,27+;27-/m101/s1. The molecule has 3 aromatic carbocycles. The number of carboxylic acid groups (broad SMARTS) is 1. The van der Waals surface area contributed by atoms with E-state index in [1.807, 2.05) is 113 Å². The minimum absolute atomic E-state index is 0.187. The number of fused-ring (bicyclic) bond motifs is 3. The Balaban J connectivity index is 0.000000297. The number of ether oxygens (including phenoxy) is 3. The monoisotopic (exact) mass is 1280 g/mol. The van der Waals surface area contributed by atoms with Gasteiger partial charge in [0.2, 0.25) is 0 Å². The zero-order valence-corrected chi connectivity index (χ0v) is 59.8. The third-order valence-electron chi connectivity index (χ3n) is 18.1. The second-order valence-electron chi connectivity index (χ2n) is 28.4. The highest BCUT2D eigenvalue weighted by atomic mass is 16.5. The Kier molecular flexibility index (Phi) is 31.8. The quantitative estimate of drug-likeness (QED) is 0.0253. The third kappa shape index (κ3) is 27.4. The molecule has 0 fully saturated rings. The average molecular weight is 1280 g/mol. The summed E-state index contributed by atoms with van der Waals surface area (Å²) in [6, 6.07) is 10.7. The molecule has 0 saturated carbocycles. The number of allylic oxidation sites excluding steroid dienone is 13. The van der Waals surface area contributed by atoms with Crippen LogP contribution in [0.25, 0.3) is 0 Å². The van der Waals surface area contributed by atoms with E-state index in [0.29, 0.717) is 29.2 Å². The Hall–Kier alpha value is -6.57. The van der Waals surface area contributed by atoms with E-state index < -0.39 is 30.4 Å². The van der Waals surface area contributed by atoms with Crippen LogP contribution in [-0.4, -0.2) is 88.0 Å². The minimum Gasteiger partial charge on any atom is -0.508 e. The van der Waals surface area contributed by atoms with Crippen LogP contribution in [0, 0.1) is 20.8 Å². The highest BCUT2D eigenvalue weighted by Gasteiger charge is 2.35. The normalized spacial score (nSPS) is 20.4. The van der Waals surface area contributed by atoms with Crippen LogP contribution in [0.1, 0.15) is 239 Å². The number of hydrogen-bond donors (Lipinski definition) is 8. The van der Waals surface area contributed by atoms with E-state index >= 15 is 0 Å². The van der Waals surface area contributed by atoms with Gasteiger partial charge in [-0.3, -0.25) is 0 Å². The van der Waals surface area contributed by atoms with Gasteiger partial charge in [-0.05, 0) is 327 Å². The fourth-order valence-corrected chi connectivity index (χ4v) is 12.3. The Labute approximate surface area is 559 Å². The minimum atomic E-state index is -0.855. The Morgan fingerprint density at radius 1 is 0.430 bits per heavy atom. The highest BCUT2D eigenvalue weighted by Crippen LogP contribution is 2.43. The lowest BCUT2D eigenvalue weighted by Gasteiger charge is -2.36. The molecule has 12 nitrogen and oxygen atoms in total. The van der Waals surface area contributed by atoms with E-state index in [9.17, 15) is 45.6 Å². The topological polar surface area (TPSA) is 207 Å². The van der Waals surface area contributed by atoms with Crippen LogP contribution in [-0.2, 0) is 24.1 Å². The van der Waals surface area contributed by atoms with Crippen molar-refractivity contribution in [3.8, 4) is 34.5 Å². The number of phenolic OH excluding ortho intramolecular Hbond substituents is 3. The molecule has 6 rings (SSSR count). The fourth-order valence-electron chi connectivity index (χ4n) is 12.3. The smallest absolute Gasteiger partial charge is 0.331 e. The molecule has 12 heteroatoms. The highest BCUT2D eigenvalue weighted by molar-refractivity contribution is 5.86. The molecule has 514 valence electrons. The van der Waals surface area contributed by atoms with Gasteiger partial charge >= 0.3 is 5.97 Å². The molecule has 0 bridgehead atoms. The molecule has 3 aliphatic rings. The van der Waals surface area contributed by atoms with Crippen LogP contribution in [0.2, 0.25) is 0 Å². The molecule has 0 unspecified atom stereocenters. The van der Waals surface area contributed by atoms with Gasteiger partial charge in [0.25, 0.3) is 0 Å². The molecule has 93 heavy (non-hydrogen) atoms. The van der Waals surface area contributed by atoms with Crippen LogP contribution in [0.3, 0.4) is 0 Å². The van der Waals surface area contributed by atoms with Crippen LogP contribution < -0.4 is 14.2 Å². The molecular formula is C81H118O12. The summed E-state index contributed by atoms with van der Waals surface area (Å²) in [6.45, 7) is 34.3. The number of phenols is 3. The summed E-state index contributed by atoms with van der Waals surface area (Å²) >= 11 is 0. The third-order valence-corrected chi connectivity index (χ3v) is 18.1. The molecule has 0 amide bonds. The van der Waals surface area contributed by atoms with Crippen molar-refractivity contribution in [2.45, 2.75) is 287 Å². The lowest BCUT2D eigenvalue weighted by molar-refractivity contribution is -0.132. The van der Waals surface area contributed by atoms with Gasteiger partial charge in [-0.25, -0.2) is 4.79 Å². The van der Waals surface area contributed by atoms with Crippen molar-refractivity contribution >= 4 is 5.97 Å². The molecule has 8 N–H and O–H groups in total. The Bertz CT molecular complexity index is 3100. The van der Waals surface area contributed by atoms with Gasteiger partial charge in [0.1, 0.15) is 75.7 Å². The van der Waals surface area contributed by atoms with E-state index in [1.165, 1.54) is 22.3 Å². The number of aliphatic carboxylic acids is 1. The number of aryl methyl sites for hydroxylation is 6. The largest absolute Gasteiger partial charge is 0.508 e. The molecule has 0 saturated heterocycles. The molecule has 3 aliphatic heterocycles. The number of rotatable bonds is 28. The summed E-state index contributed by atoms with van der Waals surface area (Å²) in [5.74, 6) is 2.90. The van der Waals surface area contributed by atoms with Gasteiger partial charge in [0, 0.05) is 5.57 Å². The van der Waals surface area contributed by atoms with Gasteiger partial charge in [0.15, 0.2) is 0 Å². The molecular weight excluding hydrogens is 1160 g/mol. The van der Waals surface area contributed by atoms with Crippen LogP contribution in [0.4, 0.5) is 0 Å². The zero-order valence-electron chi connectivity index (χ0n) is 59.8. The fraction of sp³-hybridized carbons (Fsp3) is 0.543. The molecule has 3 aromatic rings. The number of aliphatic hydroxyl groups excluding tert-OH is 4. The SMILES string of the molecule is CC(C)=CCC/C(=C/CC/C(C)=C/CC[C@]1(C)CCc2cc(O)cc(C)c2O1)C(=O)O.CC(C)=C[C@@H](O)[C@@H](O)/C(C)=C/CC/C(C)=C/CC[C@]1(C)CCc2cc(O)cc(C)c2O1.CC(C)=C[C@H](O)[C@@H](O)/C(C)=C/CC/C(C)=C/CC[C@]1(C)CCc2cc(O)cc(C)c2O1. The number of aliphatic hydroxyl groups is 4. The summed E-state index contributed by atoms with van der Waals surface area (Å²) in [5, 5.41) is 79.3. The second-order valence-corrected chi connectivity index (χ2v) is 28.4. The maximum atomic E-state index is 11.4. The molecule has 3 heterocycles. The van der Waals surface area contributed by atoms with E-state index in [0.717, 1.165) is 195 Å². The summed E-state index contributed by atoms with van der Waals surface area (Å²) in [6.07, 6.45) is 32.6. The van der Waals surface area contributed by atoms with Crippen molar-refractivity contribution in [3.05, 3.63) is 175 Å². The summed E-state index contributed by atoms with van der Waals surface area (Å²) in [4.78, 5) is 11.4. The Morgan fingerprint density at radius 3 is 1.02 bits per heavy atom. The van der Waals surface area contributed by atoms with Gasteiger partial charge in [-0.15, -0.1) is 0 Å². The van der Waals surface area contributed by atoms with Gasteiger partial charge in [-0.1, -0.05) is 88.1 Å². The zero-order chi connectivity index (χ0) is 69.4. The number of hydrogen-bond acceptors (Lipinski definition) is 11. The molecule has 7 atom stereocenters. The van der Waals surface area contributed by atoms with E-state index in [1.54, 1.807) is 30.4 Å². The predicted octanol–water partition coefficient (Wildman–Crippen LogP) is 18.9. The molecule has 0 spiro atoms. The molecule has 0 aromatic heterocycles. The van der Waals surface area contributed by atoms with E-state index in [-0.39, 0.29) is 16.8 Å². The lowest BCUT2D eigenvalue weighted by atomic mass is 9.87. The predicted molar refractivity (Wildman–Crippen MR) is 382 cm³/mol. The van der Waals surface area contributed by atoms with Crippen LogP contribution in [0.15, 0.2) is 141 Å². The van der Waals surface area contributed by atoms with Crippen molar-refractivity contribution < 1.29 is 59.9 Å². The van der Waals surface area contributed by atoms with E-state index in [4.69, 9.17) is 14.2 Å². The number of carboxylic acids is 1. The van der Waals surface area contributed by atoms with Crippen LogP contribution in [0.5, 0.6) is 34.5 Å². The first-order chi connectivity index (χ1) is 43.6. The number of carbonyl (C=O) groups is 1. The first-order valence-corrected chi connectivity index (χ1v) is 34.0. The van der Waals surface area contributed by atoms with Gasteiger partial charge in [-0.2, -0.15) is 0 Å². The molecule has 0 aliphatic carbocycles. The van der Waals surface area contributed by atoms with Crippen molar-refractivity contribution in [2.24, 2.45) is 0 Å². The van der Waals surface area contributed by atoms with E-state index in [2.05, 4.69) is 65.8 Å². The van der Waals surface area contributed by atoms with Crippen LogP contribution >= 0.6 is 0 Å². The summed E-state index contributed by atoms with van der Waals surface area (Å²) < 4.78 is 19.1.